The molecule has 0 saturated carbocycles. The summed E-state index contributed by atoms with van der Waals surface area (Å²) in [7, 11) is -2.03. The molecule has 2 bridgehead atoms. The van der Waals surface area contributed by atoms with Crippen molar-refractivity contribution >= 4 is 47.5 Å². The van der Waals surface area contributed by atoms with Crippen LogP contribution in [0.1, 0.15) is 33.6 Å². The van der Waals surface area contributed by atoms with Gasteiger partial charge in [-0.05, 0) is 59.0 Å². The van der Waals surface area contributed by atoms with Crippen LogP contribution in [0.4, 0.5) is 10.8 Å². The van der Waals surface area contributed by atoms with Crippen LogP contribution in [0.25, 0.3) is 11.1 Å². The lowest BCUT2D eigenvalue weighted by Crippen LogP contribution is -2.55. The molecule has 1 N–H and O–H groups in total. The Bertz CT molecular complexity index is 941. The number of oxazole rings is 1. The van der Waals surface area contributed by atoms with E-state index in [1.54, 1.807) is 4.90 Å². The second-order valence-corrected chi connectivity index (χ2v) is 15.1. The van der Waals surface area contributed by atoms with Gasteiger partial charge in [0.2, 0.25) is 0 Å². The summed E-state index contributed by atoms with van der Waals surface area (Å²) in [6.07, 6.45) is 0.941. The number of anilines is 1. The highest BCUT2D eigenvalue weighted by atomic mass is 79.9. The minimum absolute atomic E-state index is 0.00680. The summed E-state index contributed by atoms with van der Waals surface area (Å²) in [6, 6.07) is 4.41. The van der Waals surface area contributed by atoms with Crippen molar-refractivity contribution in [2.75, 3.05) is 18.0 Å². The van der Waals surface area contributed by atoms with Crippen LogP contribution in [0.2, 0.25) is 18.1 Å². The minimum Gasteiger partial charge on any atom is -0.542 e. The molecule has 29 heavy (non-hydrogen) atoms. The van der Waals surface area contributed by atoms with Crippen molar-refractivity contribution < 1.29 is 18.7 Å². The molecule has 9 heteroatoms. The molecule has 0 radical (unpaired) electrons. The van der Waals surface area contributed by atoms with E-state index in [0.29, 0.717) is 30.2 Å². The molecule has 2 fully saturated rings. The van der Waals surface area contributed by atoms with Crippen molar-refractivity contribution in [3.63, 3.8) is 0 Å². The van der Waals surface area contributed by atoms with Gasteiger partial charge in [0, 0.05) is 13.1 Å². The molecule has 1 aromatic carbocycles. The zero-order valence-corrected chi connectivity index (χ0v) is 20.1. The number of piperazine rings is 1. The van der Waals surface area contributed by atoms with Crippen LogP contribution in [0.3, 0.4) is 0 Å². The number of nitrogens with zero attached hydrogens (tertiary/aromatic N) is 3. The lowest BCUT2D eigenvalue weighted by Gasteiger charge is -2.38. The smallest absolute Gasteiger partial charge is 0.407 e. The zero-order valence-electron chi connectivity index (χ0n) is 17.5. The normalized spacial score (nSPS) is 22.4. The molecule has 2 saturated heterocycles. The highest BCUT2D eigenvalue weighted by molar-refractivity contribution is 9.10. The molecule has 0 aliphatic carbocycles. The van der Waals surface area contributed by atoms with E-state index in [0.717, 1.165) is 23.1 Å². The Hall–Kier alpha value is -1.74. The molecule has 3 heterocycles. The van der Waals surface area contributed by atoms with E-state index in [9.17, 15) is 9.90 Å². The van der Waals surface area contributed by atoms with E-state index in [-0.39, 0.29) is 17.1 Å². The number of aromatic nitrogens is 1. The van der Waals surface area contributed by atoms with Crippen LogP contribution in [0.5, 0.6) is 5.75 Å². The number of fused-ring (bicyclic) bond motifs is 3. The third-order valence-electron chi connectivity index (χ3n) is 6.59. The van der Waals surface area contributed by atoms with Crippen LogP contribution in [-0.4, -0.2) is 54.6 Å². The van der Waals surface area contributed by atoms with Crippen molar-refractivity contribution in [3.8, 4) is 5.75 Å². The van der Waals surface area contributed by atoms with Gasteiger partial charge in [-0.2, -0.15) is 4.98 Å². The van der Waals surface area contributed by atoms with Crippen LogP contribution in [-0.2, 0) is 0 Å². The standard InChI is InChI=1S/C20H28BrN3O4Si/c1-20(2,3)29(4,5)28-15-9-8-14(21)17-16(15)22-18(27-17)23-10-12-6-7-13(11-23)24(12)19(25)26/h8-9,12-13H,6-7,10-11H2,1-5H3,(H,25,26). The predicted octanol–water partition coefficient (Wildman–Crippen LogP) is 5.31. The average Bonchev–Trinajstić information content (AvgIpc) is 3.17. The summed E-state index contributed by atoms with van der Waals surface area (Å²) in [5.74, 6) is 0.747. The van der Waals surface area contributed by atoms with Gasteiger partial charge in [0.05, 0.1) is 16.6 Å². The first kappa shape index (κ1) is 20.5. The summed E-state index contributed by atoms with van der Waals surface area (Å²) >= 11 is 3.57. The molecular formula is C20H28BrN3O4Si. The summed E-state index contributed by atoms with van der Waals surface area (Å²) in [5.41, 5.74) is 1.39. The van der Waals surface area contributed by atoms with Gasteiger partial charge in [-0.15, -0.1) is 0 Å². The molecule has 1 aromatic heterocycles. The maximum atomic E-state index is 11.6. The molecule has 2 aromatic rings. The van der Waals surface area contributed by atoms with Crippen LogP contribution in [0.15, 0.2) is 21.0 Å². The van der Waals surface area contributed by atoms with Gasteiger partial charge in [0.1, 0.15) is 5.75 Å². The molecule has 4 rings (SSSR count). The molecule has 158 valence electrons. The first-order chi connectivity index (χ1) is 13.5. The summed E-state index contributed by atoms with van der Waals surface area (Å²) in [6.45, 7) is 12.3. The van der Waals surface area contributed by atoms with E-state index >= 15 is 0 Å². The Morgan fingerprint density at radius 2 is 1.90 bits per heavy atom. The molecule has 2 aliphatic rings. The third kappa shape index (κ3) is 3.52. The Morgan fingerprint density at radius 3 is 2.45 bits per heavy atom. The van der Waals surface area contributed by atoms with Crippen molar-refractivity contribution in [3.05, 3.63) is 16.6 Å². The molecule has 2 atom stereocenters. The molecule has 7 nitrogen and oxygen atoms in total. The van der Waals surface area contributed by atoms with E-state index in [1.807, 2.05) is 12.1 Å². The molecule has 2 aliphatic heterocycles. The monoisotopic (exact) mass is 481 g/mol. The predicted molar refractivity (Wildman–Crippen MR) is 118 cm³/mol. The van der Waals surface area contributed by atoms with E-state index < -0.39 is 14.4 Å². The minimum atomic E-state index is -2.03. The number of hydrogen-bond donors (Lipinski definition) is 1. The highest BCUT2D eigenvalue weighted by Gasteiger charge is 2.44. The topological polar surface area (TPSA) is 79.0 Å². The molecule has 2 unspecified atom stereocenters. The number of carboxylic acid groups (broad SMARTS) is 1. The first-order valence-electron chi connectivity index (χ1n) is 10.0. The van der Waals surface area contributed by atoms with Gasteiger partial charge in [0.15, 0.2) is 11.1 Å². The number of benzene rings is 1. The lowest BCUT2D eigenvalue weighted by molar-refractivity contribution is 0.114. The Morgan fingerprint density at radius 1 is 1.28 bits per heavy atom. The van der Waals surface area contributed by atoms with Crippen LogP contribution in [0, 0.1) is 0 Å². The van der Waals surface area contributed by atoms with Gasteiger partial charge in [0.25, 0.3) is 14.3 Å². The lowest BCUT2D eigenvalue weighted by atomic mass is 10.2. The fourth-order valence-electron chi connectivity index (χ4n) is 3.96. The number of hydrogen-bond acceptors (Lipinski definition) is 5. The van der Waals surface area contributed by atoms with E-state index in [2.05, 4.69) is 54.7 Å². The third-order valence-corrected chi connectivity index (χ3v) is 11.6. The van der Waals surface area contributed by atoms with Crippen molar-refractivity contribution in [1.29, 1.82) is 0 Å². The van der Waals surface area contributed by atoms with Crippen LogP contribution >= 0.6 is 15.9 Å². The van der Waals surface area contributed by atoms with Gasteiger partial charge in [-0.25, -0.2) is 4.79 Å². The first-order valence-corrected chi connectivity index (χ1v) is 13.7. The quantitative estimate of drug-likeness (QED) is 0.598. The molecule has 1 amide bonds. The molecule has 0 spiro atoms. The second-order valence-electron chi connectivity index (χ2n) is 9.56. The van der Waals surface area contributed by atoms with Gasteiger partial charge < -0.3 is 18.8 Å². The van der Waals surface area contributed by atoms with Crippen molar-refractivity contribution in [2.24, 2.45) is 0 Å². The summed E-state index contributed by atoms with van der Waals surface area (Å²) in [4.78, 5) is 20.0. The Kier molecular flexibility index (Phi) is 4.89. The zero-order chi connectivity index (χ0) is 21.1. The van der Waals surface area contributed by atoms with Crippen LogP contribution < -0.4 is 9.33 Å². The number of amides is 1. The van der Waals surface area contributed by atoms with Crippen molar-refractivity contribution in [2.45, 2.75) is 63.8 Å². The molecular weight excluding hydrogens is 454 g/mol. The fraction of sp³-hybridized carbons (Fsp3) is 0.600. The number of rotatable bonds is 3. The Balaban J connectivity index is 1.67. The largest absolute Gasteiger partial charge is 0.542 e. The van der Waals surface area contributed by atoms with Gasteiger partial charge >= 0.3 is 6.09 Å². The Labute approximate surface area is 180 Å². The highest BCUT2D eigenvalue weighted by Crippen LogP contribution is 2.42. The maximum absolute atomic E-state index is 11.6. The van der Waals surface area contributed by atoms with Gasteiger partial charge in [-0.1, -0.05) is 20.8 Å². The van der Waals surface area contributed by atoms with E-state index in [4.69, 9.17) is 13.8 Å². The van der Waals surface area contributed by atoms with E-state index in [1.165, 1.54) is 0 Å². The summed E-state index contributed by atoms with van der Waals surface area (Å²) in [5, 5.41) is 9.56. The maximum Gasteiger partial charge on any atom is 0.407 e. The summed E-state index contributed by atoms with van der Waals surface area (Å²) < 4.78 is 13.5. The SMILES string of the molecule is CC(C)(C)[Si](C)(C)Oc1ccc(Br)c2oc(N3CC4CCC(C3)N4C(=O)O)nc12. The van der Waals surface area contributed by atoms with Gasteiger partial charge in [-0.3, -0.25) is 4.90 Å². The van der Waals surface area contributed by atoms with Crippen molar-refractivity contribution in [1.82, 2.24) is 9.88 Å². The fourth-order valence-corrected chi connectivity index (χ4v) is 5.38. The second kappa shape index (κ2) is 6.90. The number of carbonyl (C=O) groups is 1. The number of halogens is 1. The average molecular weight is 482 g/mol.